The lowest BCUT2D eigenvalue weighted by molar-refractivity contribution is -0.173. The molecule has 0 aliphatic rings. The van der Waals surface area contributed by atoms with Gasteiger partial charge in [0.2, 0.25) is 0 Å². The summed E-state index contributed by atoms with van der Waals surface area (Å²) in [7, 11) is 0. The second kappa shape index (κ2) is 11.3. The first-order valence-electron chi connectivity index (χ1n) is 13.7. The summed E-state index contributed by atoms with van der Waals surface area (Å²) in [5, 5.41) is 47.6. The average Bonchev–Trinajstić information content (AvgIpc) is 2.94. The zero-order chi connectivity index (χ0) is 28.4. The molecule has 0 radical (unpaired) electrons. The van der Waals surface area contributed by atoms with Gasteiger partial charge in [0.1, 0.15) is 5.60 Å². The molecule has 0 aliphatic carbocycles. The van der Waals surface area contributed by atoms with Gasteiger partial charge in [-0.3, -0.25) is 0 Å². The molecule has 0 aromatic heterocycles. The molecule has 0 aliphatic heterocycles. The van der Waals surface area contributed by atoms with Crippen molar-refractivity contribution in [1.29, 1.82) is 0 Å². The van der Waals surface area contributed by atoms with Crippen LogP contribution in [0.2, 0.25) is 0 Å². The number of rotatable bonds is 11. The highest BCUT2D eigenvalue weighted by molar-refractivity contribution is 5.50. The summed E-state index contributed by atoms with van der Waals surface area (Å²) >= 11 is 0. The zero-order valence-corrected chi connectivity index (χ0v) is 24.1. The first-order chi connectivity index (χ1) is 17.9. The fourth-order valence-electron chi connectivity index (χ4n) is 5.62. The van der Waals surface area contributed by atoms with Crippen molar-refractivity contribution in [3.05, 3.63) is 106 Å². The second-order valence-corrected chi connectivity index (χ2v) is 12.1. The monoisotopic (exact) mass is 518 g/mol. The van der Waals surface area contributed by atoms with Crippen molar-refractivity contribution < 1.29 is 20.4 Å². The van der Waals surface area contributed by atoms with Crippen LogP contribution >= 0.6 is 0 Å². The molecular weight excluding hydrogens is 472 g/mol. The molecule has 3 aromatic carbocycles. The topological polar surface area (TPSA) is 80.9 Å². The summed E-state index contributed by atoms with van der Waals surface area (Å²) in [6, 6.07) is 22.3. The van der Waals surface area contributed by atoms with Crippen molar-refractivity contribution in [2.45, 2.75) is 83.8 Å². The molecule has 3 rings (SSSR count). The third-order valence-corrected chi connectivity index (χ3v) is 9.02. The number of aryl methyl sites for hydroxylation is 1. The van der Waals surface area contributed by atoms with Gasteiger partial charge in [0.15, 0.2) is 0 Å². The van der Waals surface area contributed by atoms with Gasteiger partial charge in [0, 0.05) is 0 Å². The van der Waals surface area contributed by atoms with Gasteiger partial charge in [-0.2, -0.15) is 0 Å². The highest BCUT2D eigenvalue weighted by atomic mass is 16.3. The summed E-state index contributed by atoms with van der Waals surface area (Å²) in [5.74, 6) is 0. The minimum Gasteiger partial charge on any atom is -0.395 e. The predicted molar refractivity (Wildman–Crippen MR) is 155 cm³/mol. The molecule has 0 spiro atoms. The lowest BCUT2D eigenvalue weighted by atomic mass is 9.59. The Labute approximate surface area is 229 Å². The first-order valence-corrected chi connectivity index (χ1v) is 13.7. The number of benzene rings is 3. The molecule has 0 fully saturated rings. The van der Waals surface area contributed by atoms with Crippen LogP contribution < -0.4 is 0 Å². The molecule has 4 nitrogen and oxygen atoms in total. The molecule has 0 saturated heterocycles. The largest absolute Gasteiger partial charge is 0.395 e. The Morgan fingerprint density at radius 1 is 0.684 bits per heavy atom. The molecule has 1 unspecified atom stereocenters. The van der Waals surface area contributed by atoms with E-state index in [0.29, 0.717) is 16.7 Å². The van der Waals surface area contributed by atoms with E-state index >= 15 is 0 Å². The number of aliphatic hydroxyl groups is 4. The first kappa shape index (κ1) is 30.0. The fraction of sp³-hybridized carbons (Fsp3) is 0.471. The summed E-state index contributed by atoms with van der Waals surface area (Å²) in [6.45, 7) is 13.6. The maximum absolute atomic E-state index is 12.8. The van der Waals surface area contributed by atoms with Crippen LogP contribution in [0.25, 0.3) is 0 Å². The Bertz CT molecular complexity index is 1120. The summed E-state index contributed by atoms with van der Waals surface area (Å²) in [5.41, 5.74) is 0.451. The maximum Gasteiger partial charge on any atom is 0.127 e. The van der Waals surface area contributed by atoms with Gasteiger partial charge in [-0.25, -0.2) is 0 Å². The molecule has 4 N–H and O–H groups in total. The van der Waals surface area contributed by atoms with Gasteiger partial charge in [-0.1, -0.05) is 120 Å². The zero-order valence-electron chi connectivity index (χ0n) is 24.1. The summed E-state index contributed by atoms with van der Waals surface area (Å²) < 4.78 is 0. The van der Waals surface area contributed by atoms with Crippen LogP contribution in [0.15, 0.2) is 72.8 Å². The van der Waals surface area contributed by atoms with Gasteiger partial charge in [0.05, 0.1) is 24.7 Å². The highest BCUT2D eigenvalue weighted by Gasteiger charge is 2.58. The molecule has 0 amide bonds. The van der Waals surface area contributed by atoms with E-state index in [1.807, 2.05) is 36.4 Å². The molecule has 3 aromatic rings. The van der Waals surface area contributed by atoms with Crippen molar-refractivity contribution in [3.8, 4) is 0 Å². The van der Waals surface area contributed by atoms with Crippen LogP contribution in [0.4, 0.5) is 0 Å². The number of aliphatic hydroxyl groups excluding tert-OH is 3. The van der Waals surface area contributed by atoms with Crippen LogP contribution in [0.3, 0.4) is 0 Å². The lowest BCUT2D eigenvalue weighted by Gasteiger charge is -2.50. The minimum atomic E-state index is -1.90. The van der Waals surface area contributed by atoms with Crippen LogP contribution in [0, 0.1) is 12.3 Å². The molecule has 38 heavy (non-hydrogen) atoms. The summed E-state index contributed by atoms with van der Waals surface area (Å²) in [4.78, 5) is 0. The number of hydrogen-bond donors (Lipinski definition) is 4. The molecule has 0 heterocycles. The van der Waals surface area contributed by atoms with E-state index in [1.54, 1.807) is 24.3 Å². The van der Waals surface area contributed by atoms with Gasteiger partial charge in [-0.05, 0) is 58.4 Å². The summed E-state index contributed by atoms with van der Waals surface area (Å²) in [6.07, 6.45) is 0.273. The Morgan fingerprint density at radius 2 is 1.05 bits per heavy atom. The number of hydrogen-bond acceptors (Lipinski definition) is 4. The second-order valence-electron chi connectivity index (χ2n) is 12.1. The van der Waals surface area contributed by atoms with E-state index in [0.717, 1.165) is 29.5 Å². The SMILES string of the molecule is CCC(C)(C)c1cc(C)cc(C(C)(C)CC)c1C(O)C(CO)(CO)C(O)(c1ccccc1)c1ccccc1. The van der Waals surface area contributed by atoms with Gasteiger partial charge < -0.3 is 20.4 Å². The molecule has 0 saturated carbocycles. The van der Waals surface area contributed by atoms with Gasteiger partial charge >= 0.3 is 0 Å². The normalized spacial score (nSPS) is 14.0. The Balaban J connectivity index is 2.49. The van der Waals surface area contributed by atoms with E-state index in [9.17, 15) is 20.4 Å². The van der Waals surface area contributed by atoms with E-state index in [4.69, 9.17) is 0 Å². The van der Waals surface area contributed by atoms with Crippen molar-refractivity contribution in [2.24, 2.45) is 5.41 Å². The van der Waals surface area contributed by atoms with Crippen molar-refractivity contribution >= 4 is 0 Å². The standard InChI is InChI=1S/C34H46O4/c1-8-31(4,5)27-20-24(3)21-28(32(6,7)9-2)29(27)30(37)33(22-35,23-36)34(38,25-16-12-10-13-17-25)26-18-14-11-15-19-26/h10-21,30,35-38H,8-9,22-23H2,1-7H3. The third kappa shape index (κ3) is 4.96. The van der Waals surface area contributed by atoms with Gasteiger partial charge in [-0.15, -0.1) is 0 Å². The quantitative estimate of drug-likeness (QED) is 0.240. The minimum absolute atomic E-state index is 0.296. The van der Waals surface area contributed by atoms with Crippen molar-refractivity contribution in [2.75, 3.05) is 13.2 Å². The van der Waals surface area contributed by atoms with E-state index < -0.39 is 30.3 Å². The lowest BCUT2D eigenvalue weighted by Crippen LogP contribution is -2.56. The van der Waals surface area contributed by atoms with Crippen LogP contribution in [0.1, 0.15) is 93.9 Å². The molecular formula is C34H46O4. The van der Waals surface area contributed by atoms with Gasteiger partial charge in [0.25, 0.3) is 0 Å². The van der Waals surface area contributed by atoms with Crippen molar-refractivity contribution in [1.82, 2.24) is 0 Å². The third-order valence-electron chi connectivity index (χ3n) is 9.02. The maximum atomic E-state index is 12.8. The Morgan fingerprint density at radius 3 is 1.37 bits per heavy atom. The fourth-order valence-corrected chi connectivity index (χ4v) is 5.62. The van der Waals surface area contributed by atoms with Crippen LogP contribution in [-0.4, -0.2) is 33.6 Å². The van der Waals surface area contributed by atoms with E-state index in [1.165, 1.54) is 0 Å². The average molecular weight is 519 g/mol. The predicted octanol–water partition coefficient (Wildman–Crippen LogP) is 6.31. The van der Waals surface area contributed by atoms with Crippen molar-refractivity contribution in [3.63, 3.8) is 0 Å². The highest BCUT2D eigenvalue weighted by Crippen LogP contribution is 2.55. The smallest absolute Gasteiger partial charge is 0.127 e. The molecule has 1 atom stereocenters. The molecule has 0 bridgehead atoms. The molecule has 4 heteroatoms. The van der Waals surface area contributed by atoms with E-state index in [2.05, 4.69) is 60.6 Å². The Kier molecular flexibility index (Phi) is 8.95. The molecule has 206 valence electrons. The van der Waals surface area contributed by atoms with E-state index in [-0.39, 0.29) is 10.8 Å². The van der Waals surface area contributed by atoms with Crippen LogP contribution in [-0.2, 0) is 16.4 Å². The Hall–Kier alpha value is -2.50. The van der Waals surface area contributed by atoms with Crippen LogP contribution in [0.5, 0.6) is 0 Å².